The zero-order valence-electron chi connectivity index (χ0n) is 6.94. The molecule has 0 saturated carbocycles. The summed E-state index contributed by atoms with van der Waals surface area (Å²) in [4.78, 5) is 14.0. The summed E-state index contributed by atoms with van der Waals surface area (Å²) in [5.74, 6) is 0.566. The molecule has 0 saturated heterocycles. The van der Waals surface area contributed by atoms with E-state index < -0.39 is 4.92 Å². The third kappa shape index (κ3) is 1.09. The fourth-order valence-corrected chi connectivity index (χ4v) is 1.11. The highest BCUT2D eigenvalue weighted by molar-refractivity contribution is 5.39. The first-order valence-corrected chi connectivity index (χ1v) is 3.40. The maximum Gasteiger partial charge on any atom is 0.350 e. The highest BCUT2D eigenvalue weighted by atomic mass is 16.6. The van der Waals surface area contributed by atoms with E-state index in [0.717, 1.165) is 0 Å². The van der Waals surface area contributed by atoms with Crippen molar-refractivity contribution in [2.75, 3.05) is 0 Å². The normalized spacial score (nSPS) is 9.83. The summed E-state index contributed by atoms with van der Waals surface area (Å²) in [6.07, 6.45) is 1.38. The van der Waals surface area contributed by atoms with E-state index in [1.807, 2.05) is 0 Å². The van der Waals surface area contributed by atoms with Gasteiger partial charge in [-0.15, -0.1) is 0 Å². The van der Waals surface area contributed by atoms with Gasteiger partial charge in [-0.1, -0.05) is 6.58 Å². The van der Waals surface area contributed by atoms with Crippen LogP contribution in [0.4, 0.5) is 5.82 Å². The Balaban J connectivity index is 3.42. The second kappa shape index (κ2) is 2.77. The van der Waals surface area contributed by atoms with E-state index in [-0.39, 0.29) is 5.82 Å². The van der Waals surface area contributed by atoms with Gasteiger partial charge in [0.25, 0.3) is 0 Å². The molecule has 0 radical (unpaired) electrons. The lowest BCUT2D eigenvalue weighted by Crippen LogP contribution is -1.97. The van der Waals surface area contributed by atoms with E-state index >= 15 is 0 Å². The molecule has 1 aromatic heterocycles. The van der Waals surface area contributed by atoms with Crippen LogP contribution in [0.25, 0.3) is 6.20 Å². The monoisotopic (exact) mass is 167 g/mol. The van der Waals surface area contributed by atoms with Crippen molar-refractivity contribution < 1.29 is 4.92 Å². The van der Waals surface area contributed by atoms with E-state index in [0.29, 0.717) is 11.5 Å². The van der Waals surface area contributed by atoms with E-state index in [9.17, 15) is 10.1 Å². The van der Waals surface area contributed by atoms with Gasteiger partial charge >= 0.3 is 5.82 Å². The van der Waals surface area contributed by atoms with Gasteiger partial charge in [-0.3, -0.25) is 0 Å². The zero-order valence-corrected chi connectivity index (χ0v) is 6.94. The molecule has 0 atom stereocenters. The predicted octanol–water partition coefficient (Wildman–Crippen LogP) is 1.51. The summed E-state index contributed by atoms with van der Waals surface area (Å²) in [6.45, 7) is 6.77. The SMILES string of the molecule is C=Cn1c(C)nc(C)c1[N+](=O)[O-]. The van der Waals surface area contributed by atoms with Crippen molar-refractivity contribution in [2.24, 2.45) is 0 Å². The van der Waals surface area contributed by atoms with Gasteiger partial charge in [-0.25, -0.2) is 4.98 Å². The van der Waals surface area contributed by atoms with E-state index in [1.165, 1.54) is 10.8 Å². The average molecular weight is 167 g/mol. The van der Waals surface area contributed by atoms with E-state index in [2.05, 4.69) is 11.6 Å². The van der Waals surface area contributed by atoms with Crippen molar-refractivity contribution in [3.05, 3.63) is 28.2 Å². The number of nitro groups is 1. The number of aryl methyl sites for hydroxylation is 2. The topological polar surface area (TPSA) is 61.0 Å². The van der Waals surface area contributed by atoms with Gasteiger partial charge < -0.3 is 10.1 Å². The average Bonchev–Trinajstić information content (AvgIpc) is 2.24. The number of nitrogens with zero attached hydrogens (tertiary/aromatic N) is 3. The fourth-order valence-electron chi connectivity index (χ4n) is 1.11. The Hall–Kier alpha value is -1.65. The van der Waals surface area contributed by atoms with Crippen molar-refractivity contribution >= 4 is 12.0 Å². The molecule has 5 nitrogen and oxygen atoms in total. The van der Waals surface area contributed by atoms with Crippen molar-refractivity contribution in [1.29, 1.82) is 0 Å². The quantitative estimate of drug-likeness (QED) is 0.495. The number of hydrogen-bond donors (Lipinski definition) is 0. The first-order valence-electron chi connectivity index (χ1n) is 3.40. The first-order chi connectivity index (χ1) is 5.57. The predicted molar refractivity (Wildman–Crippen MR) is 44.7 cm³/mol. The Kier molecular flexibility index (Phi) is 1.95. The van der Waals surface area contributed by atoms with Gasteiger partial charge in [0.15, 0.2) is 5.82 Å². The molecule has 5 heteroatoms. The highest BCUT2D eigenvalue weighted by Gasteiger charge is 2.19. The van der Waals surface area contributed by atoms with Crippen LogP contribution >= 0.6 is 0 Å². The second-order valence-electron chi connectivity index (χ2n) is 2.38. The standard InChI is InChI=1S/C7H9N3O2/c1-4-9-6(3)8-5(2)7(9)10(11)12/h4H,1H2,2-3H3. The summed E-state index contributed by atoms with van der Waals surface area (Å²) >= 11 is 0. The Bertz CT molecular complexity index is 341. The number of rotatable bonds is 2. The van der Waals surface area contributed by atoms with Crippen molar-refractivity contribution in [1.82, 2.24) is 9.55 Å². The van der Waals surface area contributed by atoms with Gasteiger partial charge in [0, 0.05) is 6.92 Å². The van der Waals surface area contributed by atoms with Crippen LogP contribution in [0.2, 0.25) is 0 Å². The largest absolute Gasteiger partial charge is 0.358 e. The summed E-state index contributed by atoms with van der Waals surface area (Å²) in [6, 6.07) is 0. The molecule has 1 heterocycles. The van der Waals surface area contributed by atoms with Crippen LogP contribution in [0.1, 0.15) is 11.5 Å². The highest BCUT2D eigenvalue weighted by Crippen LogP contribution is 2.18. The molecule has 0 unspecified atom stereocenters. The third-order valence-electron chi connectivity index (χ3n) is 1.59. The van der Waals surface area contributed by atoms with Gasteiger partial charge in [0.05, 0.1) is 6.20 Å². The van der Waals surface area contributed by atoms with Crippen LogP contribution in [-0.2, 0) is 0 Å². The van der Waals surface area contributed by atoms with E-state index in [1.54, 1.807) is 13.8 Å². The molecule has 0 aromatic carbocycles. The van der Waals surface area contributed by atoms with Crippen LogP contribution in [0.15, 0.2) is 6.58 Å². The lowest BCUT2D eigenvalue weighted by Gasteiger charge is -1.94. The van der Waals surface area contributed by atoms with Crippen molar-refractivity contribution in [3.8, 4) is 0 Å². The van der Waals surface area contributed by atoms with Gasteiger partial charge in [-0.05, 0) is 11.8 Å². The number of aromatic nitrogens is 2. The second-order valence-corrected chi connectivity index (χ2v) is 2.38. The molecule has 0 fully saturated rings. The van der Waals surface area contributed by atoms with Crippen LogP contribution in [0, 0.1) is 24.0 Å². The Morgan fingerprint density at radius 1 is 1.67 bits per heavy atom. The summed E-state index contributed by atoms with van der Waals surface area (Å²) in [7, 11) is 0. The smallest absolute Gasteiger partial charge is 0.350 e. The maximum absolute atomic E-state index is 10.5. The molecule has 12 heavy (non-hydrogen) atoms. The molecule has 64 valence electrons. The summed E-state index contributed by atoms with van der Waals surface area (Å²) < 4.78 is 1.36. The molecule has 0 spiro atoms. The van der Waals surface area contributed by atoms with Gasteiger partial charge in [-0.2, -0.15) is 4.57 Å². The Morgan fingerprint density at radius 3 is 2.58 bits per heavy atom. The minimum atomic E-state index is -0.461. The molecule has 0 aliphatic heterocycles. The fraction of sp³-hybridized carbons (Fsp3) is 0.286. The van der Waals surface area contributed by atoms with Crippen LogP contribution < -0.4 is 0 Å². The van der Waals surface area contributed by atoms with Crippen LogP contribution in [-0.4, -0.2) is 14.5 Å². The minimum Gasteiger partial charge on any atom is -0.358 e. The van der Waals surface area contributed by atoms with Crippen LogP contribution in [0.5, 0.6) is 0 Å². The molecule has 1 aromatic rings. The van der Waals surface area contributed by atoms with E-state index in [4.69, 9.17) is 0 Å². The number of imidazole rings is 1. The zero-order chi connectivity index (χ0) is 9.30. The molecular formula is C7H9N3O2. The molecule has 0 aliphatic rings. The Labute approximate surface area is 69.5 Å². The maximum atomic E-state index is 10.5. The third-order valence-corrected chi connectivity index (χ3v) is 1.59. The molecule has 0 aliphatic carbocycles. The summed E-state index contributed by atoms with van der Waals surface area (Å²) in [5.41, 5.74) is 0.414. The lowest BCUT2D eigenvalue weighted by molar-refractivity contribution is -0.391. The molecule has 0 amide bonds. The lowest BCUT2D eigenvalue weighted by atomic mass is 10.5. The Morgan fingerprint density at radius 2 is 2.25 bits per heavy atom. The molecule has 0 bridgehead atoms. The minimum absolute atomic E-state index is 0.0116. The van der Waals surface area contributed by atoms with Crippen molar-refractivity contribution in [3.63, 3.8) is 0 Å². The van der Waals surface area contributed by atoms with Crippen LogP contribution in [0.3, 0.4) is 0 Å². The first kappa shape index (κ1) is 8.45. The summed E-state index contributed by atoms with van der Waals surface area (Å²) in [5, 5.41) is 10.5. The molecule has 1 rings (SSSR count). The number of hydrogen-bond acceptors (Lipinski definition) is 3. The van der Waals surface area contributed by atoms with Crippen molar-refractivity contribution in [2.45, 2.75) is 13.8 Å². The van der Waals surface area contributed by atoms with Gasteiger partial charge in [0.2, 0.25) is 0 Å². The molecule has 0 N–H and O–H groups in total. The van der Waals surface area contributed by atoms with Gasteiger partial charge in [0.1, 0.15) is 5.69 Å². The molecular weight excluding hydrogens is 158 g/mol.